The number of aliphatic imine (C=N–C) groups is 1. The standard InChI is InChI=1S/C18H34N4O3.HI/c1-19-17(20-14-18(15-23)3-10-24-11-4-18)22-7-5-21(6-8-22)12-16-2-9-25-13-16;/h16,23H,2-15H2,1H3,(H,19,20);1H. The lowest BCUT2D eigenvalue weighted by molar-refractivity contribution is -0.0135. The number of halogens is 1. The molecule has 1 atom stereocenters. The van der Waals surface area contributed by atoms with Crippen LogP contribution < -0.4 is 5.32 Å². The van der Waals surface area contributed by atoms with Crippen LogP contribution in [0.1, 0.15) is 19.3 Å². The Morgan fingerprint density at radius 2 is 1.88 bits per heavy atom. The topological polar surface area (TPSA) is 69.6 Å². The van der Waals surface area contributed by atoms with Gasteiger partial charge in [0.05, 0.1) is 13.2 Å². The third-order valence-corrected chi connectivity index (χ3v) is 5.93. The number of hydrogen-bond acceptors (Lipinski definition) is 5. The van der Waals surface area contributed by atoms with Crippen molar-refractivity contribution in [3.63, 3.8) is 0 Å². The summed E-state index contributed by atoms with van der Waals surface area (Å²) in [7, 11) is 1.85. The third-order valence-electron chi connectivity index (χ3n) is 5.93. The fourth-order valence-electron chi connectivity index (χ4n) is 4.03. The highest BCUT2D eigenvalue weighted by atomic mass is 127. The Morgan fingerprint density at radius 1 is 1.15 bits per heavy atom. The van der Waals surface area contributed by atoms with Crippen molar-refractivity contribution in [3.8, 4) is 0 Å². The van der Waals surface area contributed by atoms with Crippen LogP contribution in [0.2, 0.25) is 0 Å². The first-order valence-corrected chi connectivity index (χ1v) is 9.69. The smallest absolute Gasteiger partial charge is 0.193 e. The molecule has 0 aromatic heterocycles. The Morgan fingerprint density at radius 3 is 2.46 bits per heavy atom. The van der Waals surface area contributed by atoms with Crippen molar-refractivity contribution in [2.45, 2.75) is 19.3 Å². The molecular formula is C18H35IN4O3. The summed E-state index contributed by atoms with van der Waals surface area (Å²) >= 11 is 0. The molecule has 152 valence electrons. The number of hydrogen-bond donors (Lipinski definition) is 2. The summed E-state index contributed by atoms with van der Waals surface area (Å²) in [4.78, 5) is 9.36. The molecule has 26 heavy (non-hydrogen) atoms. The molecule has 0 bridgehead atoms. The Balaban J connectivity index is 0.00000243. The minimum absolute atomic E-state index is 0. The van der Waals surface area contributed by atoms with Gasteiger partial charge in [0.25, 0.3) is 0 Å². The van der Waals surface area contributed by atoms with E-state index in [0.29, 0.717) is 5.92 Å². The van der Waals surface area contributed by atoms with Gasteiger partial charge in [-0.25, -0.2) is 0 Å². The number of nitrogens with zero attached hydrogens (tertiary/aromatic N) is 3. The molecule has 0 aromatic rings. The molecule has 3 fully saturated rings. The number of rotatable bonds is 5. The SMILES string of the molecule is CN=C(NCC1(CO)CCOCC1)N1CCN(CC2CCOC2)CC1.I. The molecule has 1 unspecified atom stereocenters. The van der Waals surface area contributed by atoms with Crippen LogP contribution in [0.15, 0.2) is 4.99 Å². The van der Waals surface area contributed by atoms with Crippen molar-refractivity contribution in [1.29, 1.82) is 0 Å². The van der Waals surface area contributed by atoms with Gasteiger partial charge in [-0.3, -0.25) is 9.89 Å². The molecule has 3 saturated heterocycles. The van der Waals surface area contributed by atoms with E-state index in [-0.39, 0.29) is 36.0 Å². The van der Waals surface area contributed by atoms with Crippen molar-refractivity contribution in [2.24, 2.45) is 16.3 Å². The minimum atomic E-state index is -0.0709. The zero-order valence-electron chi connectivity index (χ0n) is 16.0. The number of ether oxygens (including phenoxy) is 2. The van der Waals surface area contributed by atoms with Crippen molar-refractivity contribution >= 4 is 29.9 Å². The molecule has 0 saturated carbocycles. The van der Waals surface area contributed by atoms with E-state index in [0.717, 1.165) is 84.5 Å². The highest BCUT2D eigenvalue weighted by Crippen LogP contribution is 2.29. The normalized spacial score (nSPS) is 27.2. The molecular weight excluding hydrogens is 447 g/mol. The van der Waals surface area contributed by atoms with Gasteiger partial charge in [-0.15, -0.1) is 24.0 Å². The molecule has 3 aliphatic rings. The fourth-order valence-corrected chi connectivity index (χ4v) is 4.03. The second-order valence-electron chi connectivity index (χ2n) is 7.69. The van der Waals surface area contributed by atoms with E-state index in [1.807, 2.05) is 7.05 Å². The Kier molecular flexibility index (Phi) is 9.36. The van der Waals surface area contributed by atoms with Crippen molar-refractivity contribution in [2.75, 3.05) is 79.4 Å². The average molecular weight is 482 g/mol. The third kappa shape index (κ3) is 5.92. The Labute approximate surface area is 174 Å². The van der Waals surface area contributed by atoms with Gasteiger partial charge in [0, 0.05) is 71.6 Å². The summed E-state index contributed by atoms with van der Waals surface area (Å²) in [5, 5.41) is 13.4. The molecule has 3 rings (SSSR count). The zero-order chi connectivity index (χ0) is 17.5. The predicted octanol–water partition coefficient (Wildman–Crippen LogP) is 0.623. The zero-order valence-corrected chi connectivity index (χ0v) is 18.3. The lowest BCUT2D eigenvalue weighted by atomic mass is 9.81. The molecule has 3 aliphatic heterocycles. The summed E-state index contributed by atoms with van der Waals surface area (Å²) in [5.74, 6) is 1.67. The molecule has 7 nitrogen and oxygen atoms in total. The van der Waals surface area contributed by atoms with Crippen LogP contribution in [0.5, 0.6) is 0 Å². The maximum Gasteiger partial charge on any atom is 0.193 e. The summed E-state index contributed by atoms with van der Waals surface area (Å²) < 4.78 is 10.9. The van der Waals surface area contributed by atoms with Gasteiger partial charge < -0.3 is 24.8 Å². The molecule has 3 heterocycles. The maximum absolute atomic E-state index is 9.84. The minimum Gasteiger partial charge on any atom is -0.396 e. The van der Waals surface area contributed by atoms with E-state index < -0.39 is 0 Å². The number of guanidine groups is 1. The summed E-state index contributed by atoms with van der Waals surface area (Å²) in [6.07, 6.45) is 3.02. The van der Waals surface area contributed by atoms with Crippen molar-refractivity contribution < 1.29 is 14.6 Å². The number of aliphatic hydroxyl groups is 1. The predicted molar refractivity (Wildman–Crippen MR) is 113 cm³/mol. The highest BCUT2D eigenvalue weighted by Gasteiger charge is 2.33. The second-order valence-corrected chi connectivity index (χ2v) is 7.69. The van der Waals surface area contributed by atoms with Gasteiger partial charge in [-0.1, -0.05) is 0 Å². The van der Waals surface area contributed by atoms with Crippen molar-refractivity contribution in [1.82, 2.24) is 15.1 Å². The number of aliphatic hydroxyl groups excluding tert-OH is 1. The second kappa shape index (κ2) is 11.0. The van der Waals surface area contributed by atoms with Gasteiger partial charge in [-0.2, -0.15) is 0 Å². The number of piperazine rings is 1. The molecule has 0 aliphatic carbocycles. The number of nitrogens with one attached hydrogen (secondary N) is 1. The maximum atomic E-state index is 9.84. The first-order valence-electron chi connectivity index (χ1n) is 9.69. The van der Waals surface area contributed by atoms with Gasteiger partial charge >= 0.3 is 0 Å². The van der Waals surface area contributed by atoms with Crippen LogP contribution in [0.4, 0.5) is 0 Å². The van der Waals surface area contributed by atoms with E-state index in [9.17, 15) is 5.11 Å². The lowest BCUT2D eigenvalue weighted by Gasteiger charge is -2.40. The lowest BCUT2D eigenvalue weighted by Crippen LogP contribution is -2.55. The molecule has 0 aromatic carbocycles. The quantitative estimate of drug-likeness (QED) is 0.341. The van der Waals surface area contributed by atoms with Crippen LogP contribution in [0.25, 0.3) is 0 Å². The van der Waals surface area contributed by atoms with Gasteiger partial charge in [0.1, 0.15) is 0 Å². The molecule has 8 heteroatoms. The molecule has 0 amide bonds. The van der Waals surface area contributed by atoms with Crippen LogP contribution in [-0.4, -0.2) is 100 Å². The largest absolute Gasteiger partial charge is 0.396 e. The highest BCUT2D eigenvalue weighted by molar-refractivity contribution is 14.0. The fraction of sp³-hybridized carbons (Fsp3) is 0.944. The van der Waals surface area contributed by atoms with E-state index >= 15 is 0 Å². The monoisotopic (exact) mass is 482 g/mol. The molecule has 0 spiro atoms. The summed E-state index contributed by atoms with van der Waals surface area (Å²) in [6.45, 7) is 9.63. The van der Waals surface area contributed by atoms with E-state index in [2.05, 4.69) is 20.1 Å². The first-order chi connectivity index (χ1) is 12.2. The van der Waals surface area contributed by atoms with Crippen molar-refractivity contribution in [3.05, 3.63) is 0 Å². The molecule has 0 radical (unpaired) electrons. The average Bonchev–Trinajstić information content (AvgIpc) is 3.17. The van der Waals surface area contributed by atoms with Crippen LogP contribution in [0, 0.1) is 11.3 Å². The van der Waals surface area contributed by atoms with E-state index in [4.69, 9.17) is 9.47 Å². The van der Waals surface area contributed by atoms with Crippen LogP contribution in [-0.2, 0) is 9.47 Å². The van der Waals surface area contributed by atoms with E-state index in [1.54, 1.807) is 0 Å². The van der Waals surface area contributed by atoms with Gasteiger partial charge in [-0.05, 0) is 25.2 Å². The van der Waals surface area contributed by atoms with E-state index in [1.165, 1.54) is 6.42 Å². The summed E-state index contributed by atoms with van der Waals surface area (Å²) in [5.41, 5.74) is -0.0709. The Bertz CT molecular complexity index is 432. The van der Waals surface area contributed by atoms with Gasteiger partial charge in [0.2, 0.25) is 0 Å². The van der Waals surface area contributed by atoms with Crippen LogP contribution in [0.3, 0.4) is 0 Å². The molecule has 2 N–H and O–H groups in total. The van der Waals surface area contributed by atoms with Gasteiger partial charge in [0.15, 0.2) is 5.96 Å². The summed E-state index contributed by atoms with van der Waals surface area (Å²) in [6, 6.07) is 0. The first kappa shape index (κ1) is 22.1. The Hall–Kier alpha value is -0.160. The van der Waals surface area contributed by atoms with Crippen LogP contribution >= 0.6 is 24.0 Å².